The van der Waals surface area contributed by atoms with Gasteiger partial charge in [0.1, 0.15) is 30.7 Å². The molecule has 16 heteroatoms. The van der Waals surface area contributed by atoms with Crippen molar-refractivity contribution in [2.24, 2.45) is 15.9 Å². The van der Waals surface area contributed by atoms with Crippen molar-refractivity contribution in [1.82, 2.24) is 0 Å². The third kappa shape index (κ3) is 7.28. The molecule has 0 bridgehead atoms. The molecule has 2 fully saturated rings. The van der Waals surface area contributed by atoms with Crippen LogP contribution in [0.2, 0.25) is 0 Å². The number of benzene rings is 3. The molecule has 2 aliphatic carbocycles. The fourth-order valence-electron chi connectivity index (χ4n) is 10.4. The fourth-order valence-corrected chi connectivity index (χ4v) is 10.4. The van der Waals surface area contributed by atoms with Gasteiger partial charge in [-0.1, -0.05) is 61.2 Å². The lowest BCUT2D eigenvalue weighted by Crippen LogP contribution is -2.67. The predicted octanol–water partition coefficient (Wildman–Crippen LogP) is 2.82. The Morgan fingerprint density at radius 3 is 2.37 bits per heavy atom. The van der Waals surface area contributed by atoms with Crippen molar-refractivity contribution in [3.8, 4) is 17.2 Å². The summed E-state index contributed by atoms with van der Waals surface area (Å²) in [5, 5.41) is 97.0. The second kappa shape index (κ2) is 17.0. The van der Waals surface area contributed by atoms with Gasteiger partial charge < -0.3 is 55.4 Å². The van der Waals surface area contributed by atoms with E-state index in [2.05, 4.69) is 9.98 Å². The molecule has 9 N–H and O–H groups in total. The van der Waals surface area contributed by atoms with Crippen molar-refractivity contribution in [1.29, 1.82) is 0 Å². The number of aromatic hydroxyl groups is 2. The molecule has 62 heavy (non-hydrogen) atoms. The molecule has 1 saturated heterocycles. The van der Waals surface area contributed by atoms with Crippen molar-refractivity contribution < 1.29 is 65.0 Å². The Morgan fingerprint density at radius 2 is 1.69 bits per heavy atom. The summed E-state index contributed by atoms with van der Waals surface area (Å²) in [5.41, 5.74) is 1.02. The molecule has 1 amide bonds. The van der Waals surface area contributed by atoms with Crippen LogP contribution in [0.1, 0.15) is 73.1 Å². The van der Waals surface area contributed by atoms with E-state index in [1.165, 1.54) is 24.3 Å². The first kappa shape index (κ1) is 43.2. The number of aliphatic hydroxyl groups is 6. The number of aliphatic carboxylic acids is 1. The molecule has 0 radical (unpaired) electrons. The monoisotopic (exact) mass is 853 g/mol. The third-order valence-electron chi connectivity index (χ3n) is 13.2. The van der Waals surface area contributed by atoms with Crippen molar-refractivity contribution in [3.63, 3.8) is 0 Å². The van der Waals surface area contributed by atoms with Crippen molar-refractivity contribution >= 4 is 35.6 Å². The first-order valence-electron chi connectivity index (χ1n) is 20.9. The van der Waals surface area contributed by atoms with Crippen LogP contribution < -0.4 is 9.64 Å². The van der Waals surface area contributed by atoms with Gasteiger partial charge in [0.2, 0.25) is 0 Å². The number of phenolic OH excluding ortho intramolecular Hbond substituents is 2. The summed E-state index contributed by atoms with van der Waals surface area (Å²) >= 11 is 0. The van der Waals surface area contributed by atoms with E-state index in [0.29, 0.717) is 49.2 Å². The number of fused-ring (bicyclic) bond motifs is 3. The lowest BCUT2D eigenvalue weighted by molar-refractivity contribution is -0.422. The smallest absolute Gasteiger partial charge is 0.355 e. The van der Waals surface area contributed by atoms with Crippen molar-refractivity contribution in [3.05, 3.63) is 101 Å². The number of amides is 1. The van der Waals surface area contributed by atoms with E-state index in [0.717, 1.165) is 41.4 Å². The molecule has 3 heterocycles. The first-order valence-corrected chi connectivity index (χ1v) is 20.9. The van der Waals surface area contributed by atoms with Gasteiger partial charge in [-0.3, -0.25) is 19.7 Å². The molecule has 3 aromatic carbocycles. The van der Waals surface area contributed by atoms with E-state index in [1.807, 2.05) is 30.3 Å². The summed E-state index contributed by atoms with van der Waals surface area (Å²) in [6, 6.07) is 17.0. The van der Waals surface area contributed by atoms with Gasteiger partial charge in [0.15, 0.2) is 23.1 Å². The summed E-state index contributed by atoms with van der Waals surface area (Å²) in [7, 11) is 0. The molecule has 0 spiro atoms. The molecule has 0 aromatic heterocycles. The van der Waals surface area contributed by atoms with Gasteiger partial charge in [0.25, 0.3) is 5.91 Å². The fraction of sp³-hybridized carbons (Fsp3) is 0.435. The molecular weight excluding hydrogens is 803 g/mol. The van der Waals surface area contributed by atoms with Crippen LogP contribution >= 0.6 is 0 Å². The number of carbonyl (C=O) groups is 2. The van der Waals surface area contributed by atoms with Gasteiger partial charge in [0.05, 0.1) is 18.0 Å². The van der Waals surface area contributed by atoms with Gasteiger partial charge >= 0.3 is 11.9 Å². The van der Waals surface area contributed by atoms with E-state index in [9.17, 15) is 55.5 Å². The number of carboxylic acid groups (broad SMARTS) is 1. The Morgan fingerprint density at radius 1 is 0.935 bits per heavy atom. The Bertz CT molecular complexity index is 2320. The summed E-state index contributed by atoms with van der Waals surface area (Å²) in [6.45, 7) is -0.765. The highest BCUT2D eigenvalue weighted by atomic mass is 16.8. The Balaban J connectivity index is 1.29. The quantitative estimate of drug-likeness (QED) is 0.0682. The van der Waals surface area contributed by atoms with Gasteiger partial charge in [-0.15, -0.1) is 0 Å². The number of phenols is 2. The zero-order chi connectivity index (χ0) is 44.0. The average molecular weight is 854 g/mol. The SMILES string of the molecule is O=C(C=Cc1ccc(O)c(CC2=NCN=C2)c1)N1c2cc(OC3(O)OC(CO)C(O)C(O)C3O)c(O)cc2C2C(C3(c4ccccc4)CCCCC3)C(CCCO)=CC21C(=O)O. The zero-order valence-electron chi connectivity index (χ0n) is 33.8. The third-order valence-corrected chi connectivity index (χ3v) is 13.2. The normalized spacial score (nSPS) is 29.9. The van der Waals surface area contributed by atoms with Gasteiger partial charge in [0, 0.05) is 48.3 Å². The van der Waals surface area contributed by atoms with Crippen molar-refractivity contribution in [2.75, 3.05) is 24.8 Å². The lowest BCUT2D eigenvalue weighted by Gasteiger charge is -2.47. The number of rotatable bonds is 13. The molecule has 3 aliphatic heterocycles. The highest BCUT2D eigenvalue weighted by molar-refractivity contribution is 6.32. The van der Waals surface area contributed by atoms with Crippen molar-refractivity contribution in [2.45, 2.75) is 98.6 Å². The zero-order valence-corrected chi connectivity index (χ0v) is 33.8. The predicted molar refractivity (Wildman–Crippen MR) is 225 cm³/mol. The Labute approximate surface area is 357 Å². The van der Waals surface area contributed by atoms with Gasteiger partial charge in [-0.05, 0) is 78.6 Å². The largest absolute Gasteiger partial charge is 0.508 e. The Hall–Kier alpha value is -5.46. The van der Waals surface area contributed by atoms with Crippen LogP contribution in [0.15, 0.2) is 88.4 Å². The van der Waals surface area contributed by atoms with E-state index >= 15 is 0 Å². The summed E-state index contributed by atoms with van der Waals surface area (Å²) in [5.74, 6) is -8.02. The van der Waals surface area contributed by atoms with Crippen LogP contribution in [0, 0.1) is 5.92 Å². The van der Waals surface area contributed by atoms with Crippen LogP contribution in [0.5, 0.6) is 17.2 Å². The molecule has 8 unspecified atom stereocenters. The van der Waals surface area contributed by atoms with E-state index in [4.69, 9.17) is 9.47 Å². The van der Waals surface area contributed by atoms with E-state index in [-0.39, 0.29) is 30.0 Å². The maximum absolute atomic E-state index is 15.0. The number of nitrogens with zero attached hydrogens (tertiary/aromatic N) is 3. The molecule has 8 rings (SSSR count). The van der Waals surface area contributed by atoms with Crippen LogP contribution in [0.4, 0.5) is 5.69 Å². The highest BCUT2D eigenvalue weighted by Gasteiger charge is 2.67. The number of carbonyl (C=O) groups excluding carboxylic acids is 1. The topological polar surface area (TPSA) is 263 Å². The van der Waals surface area contributed by atoms with E-state index in [1.54, 1.807) is 24.4 Å². The summed E-state index contributed by atoms with van der Waals surface area (Å²) in [6.07, 6.45) is 3.13. The lowest BCUT2D eigenvalue weighted by atomic mass is 9.56. The number of allylic oxidation sites excluding steroid dienone is 1. The number of hydrogen-bond donors (Lipinski definition) is 9. The number of aliphatic hydroxyl groups excluding tert-OH is 5. The minimum absolute atomic E-state index is 0.000512. The standard InChI is InChI=1S/C46H51N3O13/c50-17-7-8-27-22-45(43(58)59)39(38(27)44(15-5-2-6-16-44)29-9-3-1-4-10-29)31-20-34(53)35(61-46(60)42(57)41(56)40(55)36(24-51)62-46)21-32(31)49(45)37(54)14-12-26-11-13-33(52)28(18-26)19-30-23-47-25-48-30/h1,3-4,9-14,18,20-23,36,38-42,50-53,55-57,60H,2,5-8,15-17,19,24-25H2,(H,58,59). The number of anilines is 1. The Kier molecular flexibility index (Phi) is 11.9. The number of ether oxygens (including phenoxy) is 2. The summed E-state index contributed by atoms with van der Waals surface area (Å²) < 4.78 is 11.0. The van der Waals surface area contributed by atoms with Crippen LogP contribution in [-0.2, 0) is 26.2 Å². The number of hydrogen-bond acceptors (Lipinski definition) is 14. The molecule has 5 aliphatic rings. The molecule has 328 valence electrons. The number of aliphatic imine (C=N–C) groups is 2. The average Bonchev–Trinajstić information content (AvgIpc) is 3.98. The van der Waals surface area contributed by atoms with Crippen LogP contribution in [0.25, 0.3) is 6.08 Å². The minimum Gasteiger partial charge on any atom is -0.508 e. The summed E-state index contributed by atoms with van der Waals surface area (Å²) in [4.78, 5) is 38.8. The van der Waals surface area contributed by atoms with Crippen LogP contribution in [0.3, 0.4) is 0 Å². The second-order valence-electron chi connectivity index (χ2n) is 16.8. The molecular formula is C46H51N3O13. The minimum atomic E-state index is -3.14. The first-order chi connectivity index (χ1) is 29.8. The molecule has 3 aromatic rings. The molecule has 1 saturated carbocycles. The molecule has 16 nitrogen and oxygen atoms in total. The van der Waals surface area contributed by atoms with Crippen LogP contribution in [-0.4, -0.2) is 126 Å². The van der Waals surface area contributed by atoms with Gasteiger partial charge in [-0.2, -0.15) is 0 Å². The highest BCUT2D eigenvalue weighted by Crippen LogP contribution is 2.66. The van der Waals surface area contributed by atoms with E-state index < -0.39 is 83.2 Å². The van der Waals surface area contributed by atoms with Gasteiger partial charge in [-0.25, -0.2) is 4.79 Å². The molecule has 8 atom stereocenters. The number of carboxylic acids is 1. The maximum atomic E-state index is 15.0. The maximum Gasteiger partial charge on any atom is 0.355 e. The second-order valence-corrected chi connectivity index (χ2v) is 16.8.